The van der Waals surface area contributed by atoms with Crippen molar-refractivity contribution in [1.82, 2.24) is 10.3 Å². The van der Waals surface area contributed by atoms with Crippen LogP contribution in [0.2, 0.25) is 5.02 Å². The molecule has 1 amide bonds. The van der Waals surface area contributed by atoms with Gasteiger partial charge in [0.1, 0.15) is 11.2 Å². The fraction of sp³-hybridized carbons (Fsp3) is 0.273. The monoisotopic (exact) mass is 540 g/mol. The molecule has 0 radical (unpaired) electrons. The van der Waals surface area contributed by atoms with Crippen molar-refractivity contribution in [3.63, 3.8) is 0 Å². The van der Waals surface area contributed by atoms with Crippen LogP contribution in [-0.4, -0.2) is 27.3 Å². The molecule has 5 rings (SSSR count). The van der Waals surface area contributed by atoms with E-state index in [0.717, 1.165) is 33.3 Å². The molecule has 0 aliphatic heterocycles. The molecule has 0 saturated carbocycles. The Morgan fingerprint density at radius 1 is 1.08 bits per heavy atom. The molecule has 2 unspecified atom stereocenters. The average molecular weight is 541 g/mol. The number of hydrogen-bond donors (Lipinski definition) is 3. The van der Waals surface area contributed by atoms with Crippen molar-refractivity contribution in [2.24, 2.45) is 0 Å². The van der Waals surface area contributed by atoms with Gasteiger partial charge >= 0.3 is 0 Å². The standard InChI is InChI=1S/C33H33ClN2O3/c1-19-11-16-24-25(18-32(3,4)36-20(2)37)29(35-26(24)17-19)27(21-9-7-6-8-10-21)28-30(38)33(5,31(28)39)22-12-14-23(34)15-13-22/h6-17,27,35,38H,18H2,1-5H3,(H,36,37). The number of halogens is 1. The molecule has 1 aromatic heterocycles. The Morgan fingerprint density at radius 2 is 1.74 bits per heavy atom. The van der Waals surface area contributed by atoms with Gasteiger partial charge in [-0.3, -0.25) is 9.59 Å². The van der Waals surface area contributed by atoms with E-state index in [-0.39, 0.29) is 17.4 Å². The van der Waals surface area contributed by atoms with Crippen LogP contribution in [0.25, 0.3) is 10.9 Å². The number of H-pyrrole nitrogens is 1. The van der Waals surface area contributed by atoms with E-state index in [1.807, 2.05) is 51.1 Å². The van der Waals surface area contributed by atoms with Crippen LogP contribution in [0, 0.1) is 6.92 Å². The molecule has 6 heteroatoms. The van der Waals surface area contributed by atoms with E-state index in [1.54, 1.807) is 31.2 Å². The van der Waals surface area contributed by atoms with E-state index in [1.165, 1.54) is 6.92 Å². The molecule has 0 fully saturated rings. The summed E-state index contributed by atoms with van der Waals surface area (Å²) >= 11 is 6.10. The van der Waals surface area contributed by atoms with Gasteiger partial charge in [0.2, 0.25) is 5.91 Å². The highest BCUT2D eigenvalue weighted by Gasteiger charge is 2.55. The lowest BCUT2D eigenvalue weighted by atomic mass is 9.60. The smallest absolute Gasteiger partial charge is 0.217 e. The zero-order chi connectivity index (χ0) is 28.1. The van der Waals surface area contributed by atoms with Crippen molar-refractivity contribution in [1.29, 1.82) is 0 Å². The minimum Gasteiger partial charge on any atom is -0.510 e. The zero-order valence-electron chi connectivity index (χ0n) is 22.9. The van der Waals surface area contributed by atoms with Gasteiger partial charge in [-0.2, -0.15) is 0 Å². The molecule has 2 atom stereocenters. The molecule has 5 nitrogen and oxygen atoms in total. The molecule has 0 saturated heterocycles. The number of aryl methyl sites for hydroxylation is 1. The summed E-state index contributed by atoms with van der Waals surface area (Å²) in [6.45, 7) is 9.30. The number of carbonyl (C=O) groups excluding carboxylic acids is 2. The van der Waals surface area contributed by atoms with Gasteiger partial charge in [0, 0.05) is 39.7 Å². The SMILES string of the molecule is CC(=O)NC(C)(C)Cc1c(C(C2=C(O)C(C)(c3ccc(Cl)cc3)C2=O)c2ccccc2)[nH]c2cc(C)ccc12. The highest BCUT2D eigenvalue weighted by atomic mass is 35.5. The maximum Gasteiger partial charge on any atom is 0.217 e. The number of hydrogen-bond acceptors (Lipinski definition) is 3. The molecule has 1 aliphatic carbocycles. The second-order valence-corrected chi connectivity index (χ2v) is 11.8. The Balaban J connectivity index is 1.74. The quantitative estimate of drug-likeness (QED) is 0.234. The van der Waals surface area contributed by atoms with Crippen LogP contribution < -0.4 is 5.32 Å². The van der Waals surface area contributed by atoms with Crippen molar-refractivity contribution in [2.45, 2.75) is 57.9 Å². The topological polar surface area (TPSA) is 82.2 Å². The van der Waals surface area contributed by atoms with Crippen LogP contribution in [0.1, 0.15) is 61.6 Å². The summed E-state index contributed by atoms with van der Waals surface area (Å²) in [5.41, 5.74) is 4.18. The number of nitrogens with one attached hydrogen (secondary N) is 2. The van der Waals surface area contributed by atoms with E-state index >= 15 is 0 Å². The van der Waals surface area contributed by atoms with E-state index < -0.39 is 16.9 Å². The Labute approximate surface area is 233 Å². The Morgan fingerprint density at radius 3 is 2.36 bits per heavy atom. The minimum absolute atomic E-state index is 0.0607. The molecule has 3 aromatic carbocycles. The van der Waals surface area contributed by atoms with Crippen molar-refractivity contribution in [2.75, 3.05) is 0 Å². The molecular weight excluding hydrogens is 508 g/mol. The number of carbonyl (C=O) groups is 2. The fourth-order valence-electron chi connectivity index (χ4n) is 5.92. The molecule has 0 spiro atoms. The molecule has 4 aromatic rings. The predicted octanol–water partition coefficient (Wildman–Crippen LogP) is 7.07. The van der Waals surface area contributed by atoms with Crippen LogP contribution in [-0.2, 0) is 21.4 Å². The minimum atomic E-state index is -1.15. The molecular formula is C33H33ClN2O3. The van der Waals surface area contributed by atoms with Gasteiger partial charge in [-0.1, -0.05) is 66.2 Å². The maximum atomic E-state index is 14.1. The zero-order valence-corrected chi connectivity index (χ0v) is 23.6. The van der Waals surface area contributed by atoms with Crippen molar-refractivity contribution in [3.8, 4) is 0 Å². The Hall–Kier alpha value is -3.83. The van der Waals surface area contributed by atoms with Crippen LogP contribution >= 0.6 is 11.6 Å². The summed E-state index contributed by atoms with van der Waals surface area (Å²) in [5.74, 6) is -0.691. The van der Waals surface area contributed by atoms with E-state index in [0.29, 0.717) is 22.6 Å². The summed E-state index contributed by atoms with van der Waals surface area (Å²) in [4.78, 5) is 29.7. The van der Waals surface area contributed by atoms with Gasteiger partial charge in [0.25, 0.3) is 0 Å². The van der Waals surface area contributed by atoms with Gasteiger partial charge in [-0.05, 0) is 74.6 Å². The summed E-state index contributed by atoms with van der Waals surface area (Å²) in [6, 6.07) is 23.1. The van der Waals surface area contributed by atoms with Crippen LogP contribution in [0.5, 0.6) is 0 Å². The van der Waals surface area contributed by atoms with Crippen LogP contribution in [0.15, 0.2) is 84.1 Å². The van der Waals surface area contributed by atoms with E-state index in [9.17, 15) is 14.7 Å². The number of benzene rings is 3. The number of aliphatic hydroxyl groups excluding tert-OH is 1. The lowest BCUT2D eigenvalue weighted by Crippen LogP contribution is -2.48. The third-order valence-electron chi connectivity index (χ3n) is 7.79. The molecule has 1 heterocycles. The van der Waals surface area contributed by atoms with Gasteiger partial charge in [-0.25, -0.2) is 0 Å². The third-order valence-corrected chi connectivity index (χ3v) is 8.04. The first-order valence-corrected chi connectivity index (χ1v) is 13.5. The number of aromatic amines is 1. The van der Waals surface area contributed by atoms with Gasteiger partial charge < -0.3 is 15.4 Å². The highest BCUT2D eigenvalue weighted by molar-refractivity contribution is 6.30. The normalized spacial score (nSPS) is 18.3. The molecule has 39 heavy (non-hydrogen) atoms. The molecule has 1 aliphatic rings. The first kappa shape index (κ1) is 26.8. The molecule has 3 N–H and O–H groups in total. The second-order valence-electron chi connectivity index (χ2n) is 11.4. The van der Waals surface area contributed by atoms with Crippen molar-refractivity contribution < 1.29 is 14.7 Å². The number of allylic oxidation sites excluding steroid dienone is 2. The van der Waals surface area contributed by atoms with E-state index in [2.05, 4.69) is 28.5 Å². The van der Waals surface area contributed by atoms with Gasteiger partial charge in [0.05, 0.1) is 5.92 Å². The molecule has 200 valence electrons. The number of aliphatic hydroxyl groups is 1. The molecule has 0 bridgehead atoms. The third kappa shape index (κ3) is 4.65. The first-order chi connectivity index (χ1) is 18.4. The number of Topliss-reactive ketones (excluding diaryl/α,β-unsaturated/α-hetero) is 1. The van der Waals surface area contributed by atoms with Gasteiger partial charge in [-0.15, -0.1) is 0 Å². The summed E-state index contributed by atoms with van der Waals surface area (Å²) < 4.78 is 0. The van der Waals surface area contributed by atoms with Gasteiger partial charge in [0.15, 0.2) is 5.78 Å². The lowest BCUT2D eigenvalue weighted by Gasteiger charge is -2.41. The number of rotatable bonds is 7. The van der Waals surface area contributed by atoms with Crippen LogP contribution in [0.4, 0.5) is 0 Å². The number of ketones is 1. The number of fused-ring (bicyclic) bond motifs is 1. The lowest BCUT2D eigenvalue weighted by molar-refractivity contribution is -0.124. The summed E-state index contributed by atoms with van der Waals surface area (Å²) in [6.07, 6.45) is 0.533. The fourth-order valence-corrected chi connectivity index (χ4v) is 6.05. The average Bonchev–Trinajstić information content (AvgIpc) is 3.22. The van der Waals surface area contributed by atoms with Crippen LogP contribution in [0.3, 0.4) is 0 Å². The Bertz CT molecular complexity index is 1620. The summed E-state index contributed by atoms with van der Waals surface area (Å²) in [5, 5.41) is 16.3. The van der Waals surface area contributed by atoms with Crippen molar-refractivity contribution in [3.05, 3.63) is 117 Å². The Kier molecular flexibility index (Phi) is 6.68. The van der Waals surface area contributed by atoms with E-state index in [4.69, 9.17) is 11.6 Å². The second kappa shape index (κ2) is 9.73. The summed E-state index contributed by atoms with van der Waals surface area (Å²) in [7, 11) is 0. The predicted molar refractivity (Wildman–Crippen MR) is 156 cm³/mol. The first-order valence-electron chi connectivity index (χ1n) is 13.1. The number of amides is 1. The highest BCUT2D eigenvalue weighted by Crippen LogP contribution is 2.51. The largest absolute Gasteiger partial charge is 0.510 e. The van der Waals surface area contributed by atoms with Crippen molar-refractivity contribution >= 4 is 34.2 Å². The number of aromatic nitrogens is 1. The maximum absolute atomic E-state index is 14.1.